The molecule has 120 valence electrons. The molecule has 0 aromatic heterocycles. The summed E-state index contributed by atoms with van der Waals surface area (Å²) in [7, 11) is 0. The molecule has 2 rings (SSSR count). The molecule has 1 saturated heterocycles. The quantitative estimate of drug-likeness (QED) is 0.729. The minimum atomic E-state index is -0.223. The molecule has 0 radical (unpaired) electrons. The lowest BCUT2D eigenvalue weighted by Crippen LogP contribution is -2.49. The van der Waals surface area contributed by atoms with Crippen LogP contribution >= 0.6 is 0 Å². The summed E-state index contributed by atoms with van der Waals surface area (Å²) in [5, 5.41) is 9.28. The second-order valence-electron chi connectivity index (χ2n) is 7.53. The van der Waals surface area contributed by atoms with E-state index in [9.17, 15) is 9.59 Å². The van der Waals surface area contributed by atoms with E-state index in [1.165, 1.54) is 6.42 Å². The van der Waals surface area contributed by atoms with Gasteiger partial charge in [0.25, 0.3) is 0 Å². The Balaban J connectivity index is 1.80. The average Bonchev–Trinajstić information content (AvgIpc) is 2.81. The van der Waals surface area contributed by atoms with Crippen LogP contribution in [0.5, 0.6) is 0 Å². The number of nitrogens with one attached hydrogen (secondary N) is 3. The van der Waals surface area contributed by atoms with Gasteiger partial charge in [0, 0.05) is 25.0 Å². The maximum atomic E-state index is 12.6. The molecule has 0 aromatic rings. The second-order valence-corrected chi connectivity index (χ2v) is 7.53. The van der Waals surface area contributed by atoms with Gasteiger partial charge >= 0.3 is 0 Å². The van der Waals surface area contributed by atoms with Crippen LogP contribution in [0.4, 0.5) is 0 Å². The lowest BCUT2D eigenvalue weighted by atomic mass is 9.67. The normalized spacial score (nSPS) is 28.8. The molecule has 3 N–H and O–H groups in total. The van der Waals surface area contributed by atoms with Crippen molar-refractivity contribution in [1.82, 2.24) is 16.0 Å². The van der Waals surface area contributed by atoms with E-state index in [4.69, 9.17) is 0 Å². The highest BCUT2D eigenvalue weighted by Crippen LogP contribution is 2.43. The summed E-state index contributed by atoms with van der Waals surface area (Å²) < 4.78 is 0. The Labute approximate surface area is 127 Å². The molecular weight excluding hydrogens is 266 g/mol. The predicted molar refractivity (Wildman–Crippen MR) is 82.8 cm³/mol. The second kappa shape index (κ2) is 6.34. The number of rotatable bonds is 4. The number of carbonyl (C=O) groups excluding carboxylic acids is 2. The summed E-state index contributed by atoms with van der Waals surface area (Å²) in [4.78, 5) is 24.4. The Kier molecular flexibility index (Phi) is 4.91. The standard InChI is InChI=1S/C16H29N3O2/c1-15(2,3)19-13(20)7-9-18-14(21)16-8-5-4-6-12(16)10-17-11-16/h12,17H,4-11H2,1-3H3,(H,18,21)(H,19,20)/t12-,16+/m0/s1. The molecule has 21 heavy (non-hydrogen) atoms. The molecule has 1 aliphatic carbocycles. The van der Waals surface area contributed by atoms with Crippen LogP contribution in [-0.4, -0.2) is 37.0 Å². The van der Waals surface area contributed by atoms with Crippen molar-refractivity contribution in [3.63, 3.8) is 0 Å². The third kappa shape index (κ3) is 3.96. The molecule has 0 unspecified atom stereocenters. The van der Waals surface area contributed by atoms with Crippen molar-refractivity contribution in [3.05, 3.63) is 0 Å². The fourth-order valence-electron chi connectivity index (χ4n) is 3.64. The van der Waals surface area contributed by atoms with Gasteiger partial charge in [-0.15, -0.1) is 0 Å². The van der Waals surface area contributed by atoms with Gasteiger partial charge in [0.1, 0.15) is 0 Å². The highest BCUT2D eigenvalue weighted by atomic mass is 16.2. The van der Waals surface area contributed by atoms with Crippen LogP contribution < -0.4 is 16.0 Å². The van der Waals surface area contributed by atoms with E-state index in [0.717, 1.165) is 32.4 Å². The molecule has 5 heteroatoms. The molecule has 0 bridgehead atoms. The summed E-state index contributed by atoms with van der Waals surface area (Å²) in [5.41, 5.74) is -0.442. The van der Waals surface area contributed by atoms with Crippen LogP contribution in [0, 0.1) is 11.3 Å². The van der Waals surface area contributed by atoms with E-state index >= 15 is 0 Å². The molecule has 2 fully saturated rings. The Hall–Kier alpha value is -1.10. The number of amides is 2. The van der Waals surface area contributed by atoms with Gasteiger partial charge < -0.3 is 16.0 Å². The van der Waals surface area contributed by atoms with Gasteiger partial charge in [-0.1, -0.05) is 12.8 Å². The lowest BCUT2D eigenvalue weighted by Gasteiger charge is -2.37. The zero-order valence-corrected chi connectivity index (χ0v) is 13.6. The Morgan fingerprint density at radius 3 is 2.76 bits per heavy atom. The van der Waals surface area contributed by atoms with E-state index < -0.39 is 0 Å². The highest BCUT2D eigenvalue weighted by molar-refractivity contribution is 5.84. The van der Waals surface area contributed by atoms with Crippen LogP contribution in [0.3, 0.4) is 0 Å². The highest BCUT2D eigenvalue weighted by Gasteiger charge is 2.49. The molecule has 5 nitrogen and oxygen atoms in total. The average molecular weight is 295 g/mol. The molecule has 1 heterocycles. The van der Waals surface area contributed by atoms with Crippen molar-refractivity contribution in [2.75, 3.05) is 19.6 Å². The predicted octanol–water partition coefficient (Wildman–Crippen LogP) is 1.19. The summed E-state index contributed by atoms with van der Waals surface area (Å²) in [5.74, 6) is 0.598. The first-order chi connectivity index (χ1) is 9.83. The molecule has 1 aliphatic heterocycles. The molecule has 2 aliphatic rings. The Morgan fingerprint density at radius 2 is 2.05 bits per heavy atom. The molecule has 0 spiro atoms. The van der Waals surface area contributed by atoms with Gasteiger partial charge in [-0.25, -0.2) is 0 Å². The van der Waals surface area contributed by atoms with E-state index in [0.29, 0.717) is 18.9 Å². The molecule has 2 amide bonds. The zero-order chi connectivity index (χ0) is 15.5. The summed E-state index contributed by atoms with van der Waals surface area (Å²) in [6.07, 6.45) is 4.83. The SMILES string of the molecule is CC(C)(C)NC(=O)CCNC(=O)[C@@]12CCCC[C@H]1CNC2. The first-order valence-electron chi connectivity index (χ1n) is 8.13. The molecular formula is C16H29N3O2. The van der Waals surface area contributed by atoms with Crippen molar-refractivity contribution < 1.29 is 9.59 Å². The monoisotopic (exact) mass is 295 g/mol. The summed E-state index contributed by atoms with van der Waals surface area (Å²) >= 11 is 0. The third-order valence-electron chi connectivity index (χ3n) is 4.64. The van der Waals surface area contributed by atoms with Crippen LogP contribution in [0.15, 0.2) is 0 Å². The fraction of sp³-hybridized carbons (Fsp3) is 0.875. The van der Waals surface area contributed by atoms with Gasteiger partial charge in [0.15, 0.2) is 0 Å². The number of carbonyl (C=O) groups is 2. The van der Waals surface area contributed by atoms with Crippen LogP contribution in [0.25, 0.3) is 0 Å². The van der Waals surface area contributed by atoms with E-state index in [-0.39, 0.29) is 22.8 Å². The van der Waals surface area contributed by atoms with E-state index in [1.54, 1.807) is 0 Å². The molecule has 2 atom stereocenters. The number of hydrogen-bond acceptors (Lipinski definition) is 3. The fourth-order valence-corrected chi connectivity index (χ4v) is 3.64. The Morgan fingerprint density at radius 1 is 1.29 bits per heavy atom. The van der Waals surface area contributed by atoms with E-state index in [1.807, 2.05) is 20.8 Å². The zero-order valence-electron chi connectivity index (χ0n) is 13.6. The Bertz CT molecular complexity index is 403. The van der Waals surface area contributed by atoms with Crippen molar-refractivity contribution >= 4 is 11.8 Å². The smallest absolute Gasteiger partial charge is 0.227 e. The third-order valence-corrected chi connectivity index (χ3v) is 4.64. The van der Waals surface area contributed by atoms with Crippen molar-refractivity contribution in [3.8, 4) is 0 Å². The van der Waals surface area contributed by atoms with Crippen LogP contribution in [0.1, 0.15) is 52.9 Å². The molecule has 1 saturated carbocycles. The van der Waals surface area contributed by atoms with Gasteiger partial charge in [-0.3, -0.25) is 9.59 Å². The van der Waals surface area contributed by atoms with Gasteiger partial charge in [0.05, 0.1) is 5.41 Å². The topological polar surface area (TPSA) is 70.2 Å². The largest absolute Gasteiger partial charge is 0.355 e. The minimum absolute atomic E-state index is 0.00922. The van der Waals surface area contributed by atoms with Crippen LogP contribution in [0.2, 0.25) is 0 Å². The minimum Gasteiger partial charge on any atom is -0.355 e. The van der Waals surface area contributed by atoms with Gasteiger partial charge in [0.2, 0.25) is 11.8 Å². The van der Waals surface area contributed by atoms with Crippen molar-refractivity contribution in [2.45, 2.75) is 58.4 Å². The van der Waals surface area contributed by atoms with Crippen molar-refractivity contribution in [2.24, 2.45) is 11.3 Å². The van der Waals surface area contributed by atoms with Gasteiger partial charge in [-0.2, -0.15) is 0 Å². The van der Waals surface area contributed by atoms with Crippen LogP contribution in [-0.2, 0) is 9.59 Å². The summed E-state index contributed by atoms with van der Waals surface area (Å²) in [6.45, 7) is 8.04. The van der Waals surface area contributed by atoms with Crippen molar-refractivity contribution in [1.29, 1.82) is 0 Å². The maximum Gasteiger partial charge on any atom is 0.227 e. The first-order valence-corrected chi connectivity index (χ1v) is 8.13. The lowest BCUT2D eigenvalue weighted by molar-refractivity contribution is -0.134. The van der Waals surface area contributed by atoms with Gasteiger partial charge in [-0.05, 0) is 46.1 Å². The maximum absolute atomic E-state index is 12.6. The summed E-state index contributed by atoms with van der Waals surface area (Å²) in [6, 6.07) is 0. The number of hydrogen-bond donors (Lipinski definition) is 3. The molecule has 0 aromatic carbocycles. The van der Waals surface area contributed by atoms with E-state index in [2.05, 4.69) is 16.0 Å². The first kappa shape index (κ1) is 16.3. The number of fused-ring (bicyclic) bond motifs is 1.